The van der Waals surface area contributed by atoms with Crippen LogP contribution in [0.15, 0.2) is 53.9 Å². The lowest BCUT2D eigenvalue weighted by Crippen LogP contribution is -2.20. The third-order valence-electron chi connectivity index (χ3n) is 5.32. The van der Waals surface area contributed by atoms with Crippen molar-refractivity contribution >= 4 is 23.4 Å². The molecule has 8 nitrogen and oxygen atoms in total. The van der Waals surface area contributed by atoms with Crippen LogP contribution in [0.1, 0.15) is 28.1 Å². The summed E-state index contributed by atoms with van der Waals surface area (Å²) < 4.78 is 0. The van der Waals surface area contributed by atoms with Gasteiger partial charge in [0.15, 0.2) is 0 Å². The van der Waals surface area contributed by atoms with E-state index in [4.69, 9.17) is 0 Å². The van der Waals surface area contributed by atoms with Crippen LogP contribution in [0.3, 0.4) is 0 Å². The van der Waals surface area contributed by atoms with Gasteiger partial charge in [0.05, 0.1) is 5.57 Å². The van der Waals surface area contributed by atoms with Gasteiger partial charge < -0.3 is 9.88 Å². The Kier molecular flexibility index (Phi) is 5.38. The first-order valence-electron chi connectivity index (χ1n) is 9.69. The predicted molar refractivity (Wildman–Crippen MR) is 116 cm³/mol. The molecule has 0 bridgehead atoms. The van der Waals surface area contributed by atoms with Crippen molar-refractivity contribution in [1.29, 1.82) is 0 Å². The molecular formula is C22H23N7O. The quantitative estimate of drug-likeness (QED) is 0.618. The van der Waals surface area contributed by atoms with Crippen molar-refractivity contribution in [1.82, 2.24) is 25.4 Å². The number of nitrogens with zero attached hydrogens (tertiary/aromatic N) is 5. The van der Waals surface area contributed by atoms with Gasteiger partial charge in [-0.1, -0.05) is 0 Å². The molecule has 1 aliphatic rings. The minimum absolute atomic E-state index is 0.237. The molecule has 0 unspecified atom stereocenters. The van der Waals surface area contributed by atoms with Crippen LogP contribution < -0.4 is 10.3 Å². The molecule has 0 saturated carbocycles. The van der Waals surface area contributed by atoms with Gasteiger partial charge >= 0.3 is 0 Å². The highest BCUT2D eigenvalue weighted by atomic mass is 16.2. The molecule has 1 amide bonds. The molecule has 2 N–H and O–H groups in total. The molecule has 0 aliphatic carbocycles. The lowest BCUT2D eigenvalue weighted by molar-refractivity contribution is -0.116. The van der Waals surface area contributed by atoms with Gasteiger partial charge in [-0.05, 0) is 49.6 Å². The van der Waals surface area contributed by atoms with E-state index in [9.17, 15) is 4.79 Å². The summed E-state index contributed by atoms with van der Waals surface area (Å²) in [5, 5.41) is 4.16. The van der Waals surface area contributed by atoms with Crippen molar-refractivity contribution < 1.29 is 4.79 Å². The van der Waals surface area contributed by atoms with Crippen molar-refractivity contribution in [2.24, 2.45) is 5.10 Å². The zero-order chi connectivity index (χ0) is 21.1. The zero-order valence-electron chi connectivity index (χ0n) is 17.2. The highest BCUT2D eigenvalue weighted by Gasteiger charge is 2.25. The molecule has 1 aliphatic heterocycles. The molecule has 152 valence electrons. The number of aryl methyl sites for hydroxylation is 1. The van der Waals surface area contributed by atoms with Crippen LogP contribution in [-0.2, 0) is 11.2 Å². The second-order valence-corrected chi connectivity index (χ2v) is 7.23. The minimum atomic E-state index is -0.237. The van der Waals surface area contributed by atoms with E-state index in [-0.39, 0.29) is 5.91 Å². The third-order valence-corrected chi connectivity index (χ3v) is 5.32. The van der Waals surface area contributed by atoms with Gasteiger partial charge in [-0.3, -0.25) is 9.78 Å². The summed E-state index contributed by atoms with van der Waals surface area (Å²) in [5.41, 5.74) is 9.80. The van der Waals surface area contributed by atoms with Gasteiger partial charge in [0.2, 0.25) is 0 Å². The number of aromatic nitrogens is 4. The number of hydrazone groups is 1. The summed E-state index contributed by atoms with van der Waals surface area (Å²) in [6.45, 7) is 5.01. The molecule has 0 fully saturated rings. The summed E-state index contributed by atoms with van der Waals surface area (Å²) in [6.07, 6.45) is 11.1. The summed E-state index contributed by atoms with van der Waals surface area (Å²) >= 11 is 0. The Morgan fingerprint density at radius 1 is 1.10 bits per heavy atom. The first-order valence-corrected chi connectivity index (χ1v) is 9.69. The van der Waals surface area contributed by atoms with E-state index in [0.717, 1.165) is 35.6 Å². The second kappa shape index (κ2) is 8.28. The van der Waals surface area contributed by atoms with Crippen LogP contribution >= 0.6 is 0 Å². The van der Waals surface area contributed by atoms with E-state index >= 15 is 0 Å². The van der Waals surface area contributed by atoms with Gasteiger partial charge in [0.25, 0.3) is 5.91 Å². The number of H-pyrrole nitrogens is 1. The van der Waals surface area contributed by atoms with Gasteiger partial charge in [-0.2, -0.15) is 5.10 Å². The third kappa shape index (κ3) is 3.84. The Labute approximate surface area is 174 Å². The van der Waals surface area contributed by atoms with Crippen molar-refractivity contribution in [3.05, 3.63) is 76.9 Å². The van der Waals surface area contributed by atoms with Gasteiger partial charge in [-0.25, -0.2) is 15.4 Å². The number of nitrogens with one attached hydrogen (secondary N) is 2. The average Bonchev–Trinajstić information content (AvgIpc) is 3.27. The Bertz CT molecular complexity index is 1120. The maximum absolute atomic E-state index is 12.4. The molecule has 0 radical (unpaired) electrons. The number of aromatic amines is 1. The van der Waals surface area contributed by atoms with Crippen LogP contribution in [0.2, 0.25) is 0 Å². The fraction of sp³-hybridized carbons (Fsp3) is 0.227. The fourth-order valence-corrected chi connectivity index (χ4v) is 3.60. The molecular weight excluding hydrogens is 378 g/mol. The van der Waals surface area contributed by atoms with Gasteiger partial charge in [0.1, 0.15) is 12.0 Å². The standard InChI is InChI=1S/C22H23N7O/c1-14-18(6-9-29(3)17-4-7-23-8-5-17)15(2)26-20(14)10-19-21(27-28-22(19)30)16-11-24-13-25-12-16/h4-5,7-8,10-13,26H,6,9H2,1-3H3,(H,28,30)/b19-10+. The first-order chi connectivity index (χ1) is 14.5. The maximum atomic E-state index is 12.4. The van der Waals surface area contributed by atoms with Gasteiger partial charge in [-0.15, -0.1) is 0 Å². The Morgan fingerprint density at radius 2 is 1.83 bits per heavy atom. The van der Waals surface area contributed by atoms with Crippen molar-refractivity contribution in [3.8, 4) is 0 Å². The highest BCUT2D eigenvalue weighted by Crippen LogP contribution is 2.24. The van der Waals surface area contributed by atoms with E-state index in [1.165, 1.54) is 11.9 Å². The Balaban J connectivity index is 1.57. The van der Waals surface area contributed by atoms with Crippen LogP contribution in [0, 0.1) is 13.8 Å². The summed E-state index contributed by atoms with van der Waals surface area (Å²) in [7, 11) is 2.07. The Morgan fingerprint density at radius 3 is 2.57 bits per heavy atom. The molecule has 0 spiro atoms. The maximum Gasteiger partial charge on any atom is 0.273 e. The number of carbonyl (C=O) groups excluding carboxylic acids is 1. The minimum Gasteiger partial charge on any atom is -0.374 e. The van der Waals surface area contributed by atoms with E-state index in [0.29, 0.717) is 16.8 Å². The average molecular weight is 401 g/mol. The molecule has 30 heavy (non-hydrogen) atoms. The predicted octanol–water partition coefficient (Wildman–Crippen LogP) is 2.41. The molecule has 4 heterocycles. The molecule has 3 aromatic heterocycles. The number of hydrogen-bond donors (Lipinski definition) is 2. The lowest BCUT2D eigenvalue weighted by Gasteiger charge is -2.19. The fourth-order valence-electron chi connectivity index (χ4n) is 3.60. The summed E-state index contributed by atoms with van der Waals surface area (Å²) in [5.74, 6) is -0.237. The van der Waals surface area contributed by atoms with Crippen molar-refractivity contribution in [2.45, 2.75) is 20.3 Å². The van der Waals surface area contributed by atoms with Crippen molar-refractivity contribution in [3.63, 3.8) is 0 Å². The molecule has 0 atom stereocenters. The van der Waals surface area contributed by atoms with Crippen LogP contribution in [0.4, 0.5) is 5.69 Å². The van der Waals surface area contributed by atoms with E-state index in [2.05, 4.69) is 56.3 Å². The van der Waals surface area contributed by atoms with E-state index < -0.39 is 0 Å². The molecule has 3 aromatic rings. The number of amides is 1. The SMILES string of the molecule is Cc1[nH]c(/C=C2/C(=O)NN=C2c2cncnc2)c(C)c1CCN(C)c1ccncc1. The second-order valence-electron chi connectivity index (χ2n) is 7.23. The molecule has 4 rings (SSSR count). The van der Waals surface area contributed by atoms with Gasteiger partial charge in [0, 0.05) is 61.0 Å². The number of likely N-dealkylation sites (N-methyl/N-ethyl adjacent to an activating group) is 1. The molecule has 0 saturated heterocycles. The van der Waals surface area contributed by atoms with Crippen LogP contribution in [0.25, 0.3) is 6.08 Å². The normalized spacial score (nSPS) is 14.7. The monoisotopic (exact) mass is 401 g/mol. The smallest absolute Gasteiger partial charge is 0.273 e. The number of rotatable bonds is 6. The zero-order valence-corrected chi connectivity index (χ0v) is 17.2. The number of carbonyl (C=O) groups is 1. The summed E-state index contributed by atoms with van der Waals surface area (Å²) in [6, 6.07) is 4.00. The highest BCUT2D eigenvalue weighted by molar-refractivity contribution is 6.33. The van der Waals surface area contributed by atoms with E-state index in [1.807, 2.05) is 18.2 Å². The van der Waals surface area contributed by atoms with Crippen molar-refractivity contribution in [2.75, 3.05) is 18.5 Å². The largest absolute Gasteiger partial charge is 0.374 e. The first kappa shape index (κ1) is 19.5. The number of anilines is 1. The number of hydrogen-bond acceptors (Lipinski definition) is 6. The van der Waals surface area contributed by atoms with Crippen LogP contribution in [0.5, 0.6) is 0 Å². The summed E-state index contributed by atoms with van der Waals surface area (Å²) in [4.78, 5) is 30.1. The topological polar surface area (TPSA) is 99.2 Å². The Hall–Kier alpha value is -3.81. The molecule has 8 heteroatoms. The lowest BCUT2D eigenvalue weighted by atomic mass is 10.0. The van der Waals surface area contributed by atoms with Crippen LogP contribution in [-0.4, -0.2) is 45.1 Å². The van der Waals surface area contributed by atoms with E-state index in [1.54, 1.807) is 24.8 Å². The number of pyridine rings is 1. The molecule has 0 aromatic carbocycles.